The zero-order chi connectivity index (χ0) is 15.5. The van der Waals surface area contributed by atoms with E-state index in [2.05, 4.69) is 15.6 Å². The molecule has 1 heterocycles. The first kappa shape index (κ1) is 15.4. The smallest absolute Gasteiger partial charge is 0.407 e. The summed E-state index contributed by atoms with van der Waals surface area (Å²) < 4.78 is 5.20. The predicted octanol–water partition coefficient (Wildman–Crippen LogP) is 2.05. The Morgan fingerprint density at radius 2 is 2.14 bits per heavy atom. The molecule has 0 radical (unpaired) electrons. The van der Waals surface area contributed by atoms with Crippen molar-refractivity contribution in [3.8, 4) is 0 Å². The van der Waals surface area contributed by atoms with E-state index < -0.39 is 11.7 Å². The normalized spacial score (nSPS) is 16.1. The van der Waals surface area contributed by atoms with E-state index in [0.717, 1.165) is 12.8 Å². The second-order valence-electron chi connectivity index (χ2n) is 6.38. The minimum atomic E-state index is -0.521. The van der Waals surface area contributed by atoms with Crippen molar-refractivity contribution in [2.45, 2.75) is 45.3 Å². The molecule has 1 fully saturated rings. The van der Waals surface area contributed by atoms with E-state index in [1.165, 1.54) is 0 Å². The number of aromatic nitrogens is 1. The molecular formula is C15H23N3O3. The van der Waals surface area contributed by atoms with Crippen LogP contribution in [0.5, 0.6) is 0 Å². The summed E-state index contributed by atoms with van der Waals surface area (Å²) in [4.78, 5) is 26.6. The minimum absolute atomic E-state index is 0.0617. The number of carbonyl (C=O) groups excluding carboxylic acids is 2. The van der Waals surface area contributed by atoms with Crippen LogP contribution in [0, 0.1) is 5.92 Å². The van der Waals surface area contributed by atoms with Gasteiger partial charge in [-0.2, -0.15) is 0 Å². The Hall–Kier alpha value is -1.98. The van der Waals surface area contributed by atoms with Gasteiger partial charge in [0.2, 0.25) is 0 Å². The van der Waals surface area contributed by atoms with Gasteiger partial charge in [-0.15, -0.1) is 0 Å². The van der Waals surface area contributed by atoms with Gasteiger partial charge in [0.05, 0.1) is 0 Å². The van der Waals surface area contributed by atoms with E-state index in [1.807, 2.05) is 20.8 Å². The monoisotopic (exact) mass is 293 g/mol. The highest BCUT2D eigenvalue weighted by Gasteiger charge is 2.33. The van der Waals surface area contributed by atoms with Crippen LogP contribution in [0.25, 0.3) is 0 Å². The lowest BCUT2D eigenvalue weighted by Crippen LogP contribution is -2.46. The Morgan fingerprint density at radius 3 is 2.67 bits per heavy atom. The van der Waals surface area contributed by atoms with Crippen LogP contribution in [0.2, 0.25) is 0 Å². The molecule has 1 saturated carbocycles. The van der Waals surface area contributed by atoms with Gasteiger partial charge in [0.15, 0.2) is 0 Å². The largest absolute Gasteiger partial charge is 0.444 e. The van der Waals surface area contributed by atoms with Crippen molar-refractivity contribution in [2.75, 3.05) is 6.54 Å². The number of hydrogen-bond acceptors (Lipinski definition) is 3. The van der Waals surface area contributed by atoms with E-state index in [1.54, 1.807) is 18.3 Å². The van der Waals surface area contributed by atoms with E-state index in [0.29, 0.717) is 18.2 Å². The summed E-state index contributed by atoms with van der Waals surface area (Å²) in [6, 6.07) is 3.44. The molecule has 0 spiro atoms. The molecule has 2 amide bonds. The summed E-state index contributed by atoms with van der Waals surface area (Å²) in [5.74, 6) is 0.279. The molecule has 21 heavy (non-hydrogen) atoms. The Kier molecular flexibility index (Phi) is 4.55. The average molecular weight is 293 g/mol. The lowest BCUT2D eigenvalue weighted by Gasteiger charge is -2.22. The van der Waals surface area contributed by atoms with Crippen LogP contribution in [0.1, 0.15) is 44.1 Å². The van der Waals surface area contributed by atoms with Crippen molar-refractivity contribution in [2.24, 2.45) is 5.92 Å². The van der Waals surface area contributed by atoms with Crippen molar-refractivity contribution in [3.63, 3.8) is 0 Å². The number of hydrogen-bond donors (Lipinski definition) is 3. The van der Waals surface area contributed by atoms with Gasteiger partial charge < -0.3 is 20.4 Å². The van der Waals surface area contributed by atoms with Crippen LogP contribution in [0.3, 0.4) is 0 Å². The molecule has 0 saturated heterocycles. The van der Waals surface area contributed by atoms with Crippen molar-refractivity contribution in [1.29, 1.82) is 0 Å². The third-order valence-electron chi connectivity index (χ3n) is 3.22. The number of carbonyl (C=O) groups is 2. The van der Waals surface area contributed by atoms with E-state index in [-0.39, 0.29) is 11.9 Å². The van der Waals surface area contributed by atoms with Gasteiger partial charge in [0.1, 0.15) is 11.3 Å². The minimum Gasteiger partial charge on any atom is -0.444 e. The number of nitrogens with one attached hydrogen (secondary N) is 3. The quantitative estimate of drug-likeness (QED) is 0.777. The first-order valence-electron chi connectivity index (χ1n) is 7.26. The van der Waals surface area contributed by atoms with Crippen molar-refractivity contribution >= 4 is 12.0 Å². The van der Waals surface area contributed by atoms with Crippen molar-refractivity contribution in [3.05, 3.63) is 24.0 Å². The van der Waals surface area contributed by atoms with Gasteiger partial charge in [-0.05, 0) is 51.7 Å². The first-order valence-corrected chi connectivity index (χ1v) is 7.26. The number of alkyl carbamates (subject to hydrolysis) is 1. The van der Waals surface area contributed by atoms with Crippen LogP contribution in [-0.2, 0) is 4.74 Å². The number of H-pyrrole nitrogens is 1. The summed E-state index contributed by atoms with van der Waals surface area (Å²) in [7, 11) is 0. The maximum atomic E-state index is 12.0. The number of rotatable bonds is 5. The van der Waals surface area contributed by atoms with E-state index in [9.17, 15) is 9.59 Å². The van der Waals surface area contributed by atoms with Crippen LogP contribution < -0.4 is 10.6 Å². The molecule has 6 heteroatoms. The molecule has 116 valence electrons. The van der Waals surface area contributed by atoms with Gasteiger partial charge in [-0.3, -0.25) is 4.79 Å². The fraction of sp³-hybridized carbons (Fsp3) is 0.600. The summed E-state index contributed by atoms with van der Waals surface area (Å²) >= 11 is 0. The standard InChI is InChI=1S/C15H23N3O3/c1-15(2,3)21-14(20)17-9-12(10-6-7-10)18-13(19)11-5-4-8-16-11/h4-5,8,10,12,16H,6-7,9H2,1-3H3,(H,17,20)(H,18,19)/t12-/m1/s1. The zero-order valence-electron chi connectivity index (χ0n) is 12.7. The lowest BCUT2D eigenvalue weighted by atomic mass is 10.1. The Morgan fingerprint density at radius 1 is 1.43 bits per heavy atom. The molecule has 0 unspecified atom stereocenters. The van der Waals surface area contributed by atoms with Gasteiger partial charge in [-0.1, -0.05) is 0 Å². The number of ether oxygens (including phenoxy) is 1. The highest BCUT2D eigenvalue weighted by molar-refractivity contribution is 5.92. The summed E-state index contributed by atoms with van der Waals surface area (Å²) in [5.41, 5.74) is 0.00468. The summed E-state index contributed by atoms with van der Waals surface area (Å²) in [5, 5.41) is 5.68. The van der Waals surface area contributed by atoms with Crippen LogP contribution >= 0.6 is 0 Å². The number of aromatic amines is 1. The number of amides is 2. The van der Waals surface area contributed by atoms with Crippen LogP contribution in [0.15, 0.2) is 18.3 Å². The zero-order valence-corrected chi connectivity index (χ0v) is 12.7. The highest BCUT2D eigenvalue weighted by atomic mass is 16.6. The van der Waals surface area contributed by atoms with Crippen molar-refractivity contribution < 1.29 is 14.3 Å². The van der Waals surface area contributed by atoms with Crippen LogP contribution in [0.4, 0.5) is 4.79 Å². The summed E-state index contributed by atoms with van der Waals surface area (Å²) in [6.45, 7) is 5.83. The average Bonchev–Trinajstić information content (AvgIpc) is 3.06. The molecule has 3 N–H and O–H groups in total. The second kappa shape index (κ2) is 6.20. The third-order valence-corrected chi connectivity index (χ3v) is 3.22. The van der Waals surface area contributed by atoms with Crippen molar-refractivity contribution in [1.82, 2.24) is 15.6 Å². The Bertz CT molecular complexity index is 487. The SMILES string of the molecule is CC(C)(C)OC(=O)NC[C@@H](NC(=O)c1ccc[nH]1)C1CC1. The summed E-state index contributed by atoms with van der Waals surface area (Å²) in [6.07, 6.45) is 3.40. The molecule has 1 aliphatic carbocycles. The Balaban J connectivity index is 1.83. The fourth-order valence-corrected chi connectivity index (χ4v) is 2.06. The topological polar surface area (TPSA) is 83.2 Å². The molecule has 1 aliphatic rings. The Labute approximate surface area is 124 Å². The van der Waals surface area contributed by atoms with Gasteiger partial charge in [0.25, 0.3) is 5.91 Å². The lowest BCUT2D eigenvalue weighted by molar-refractivity contribution is 0.0518. The predicted molar refractivity (Wildman–Crippen MR) is 79.0 cm³/mol. The maximum Gasteiger partial charge on any atom is 0.407 e. The van der Waals surface area contributed by atoms with Gasteiger partial charge in [-0.25, -0.2) is 4.79 Å². The molecule has 1 atom stereocenters. The molecular weight excluding hydrogens is 270 g/mol. The molecule has 1 aromatic rings. The molecule has 2 rings (SSSR count). The van der Waals surface area contributed by atoms with Gasteiger partial charge >= 0.3 is 6.09 Å². The fourth-order valence-electron chi connectivity index (χ4n) is 2.06. The van der Waals surface area contributed by atoms with Gasteiger partial charge in [0, 0.05) is 18.8 Å². The molecule has 0 aliphatic heterocycles. The molecule has 0 bridgehead atoms. The van der Waals surface area contributed by atoms with Crippen LogP contribution in [-0.4, -0.2) is 35.2 Å². The molecule has 1 aromatic heterocycles. The molecule has 0 aromatic carbocycles. The maximum absolute atomic E-state index is 12.0. The first-order chi connectivity index (χ1) is 9.85. The highest BCUT2D eigenvalue weighted by Crippen LogP contribution is 2.32. The van der Waals surface area contributed by atoms with E-state index in [4.69, 9.17) is 4.74 Å². The molecule has 6 nitrogen and oxygen atoms in total. The second-order valence-corrected chi connectivity index (χ2v) is 6.38. The van der Waals surface area contributed by atoms with E-state index >= 15 is 0 Å². The third kappa shape index (κ3) is 5.13.